The summed E-state index contributed by atoms with van der Waals surface area (Å²) in [6.45, 7) is 8.48. The number of rotatable bonds is 9. The second kappa shape index (κ2) is 9.89. The zero-order valence-corrected chi connectivity index (χ0v) is 9.79. The quantitative estimate of drug-likeness (QED) is 0.507. The summed E-state index contributed by atoms with van der Waals surface area (Å²) in [5, 5.41) is 2.74. The molecule has 3 N–H and O–H groups in total. The Morgan fingerprint density at radius 2 is 2.20 bits per heavy atom. The van der Waals surface area contributed by atoms with Gasteiger partial charge >= 0.3 is 0 Å². The van der Waals surface area contributed by atoms with E-state index in [4.69, 9.17) is 10.5 Å². The molecule has 0 aliphatic rings. The third kappa shape index (κ3) is 8.35. The van der Waals surface area contributed by atoms with Gasteiger partial charge in [0.25, 0.3) is 0 Å². The van der Waals surface area contributed by atoms with Crippen LogP contribution in [0.25, 0.3) is 0 Å². The van der Waals surface area contributed by atoms with Gasteiger partial charge in [0.1, 0.15) is 0 Å². The second-order valence-electron chi connectivity index (χ2n) is 3.20. The van der Waals surface area contributed by atoms with Crippen LogP contribution < -0.4 is 11.1 Å². The number of hydrogen-bond donors (Lipinski definition) is 2. The molecule has 0 fully saturated rings. The standard InChI is InChI=1S/C10H23N3O2/c1-3-13(7-8-15-4-2)9-10(14)12-6-5-11/h3-9,11H2,1-2H3,(H,12,14). The van der Waals surface area contributed by atoms with Crippen LogP contribution in [-0.2, 0) is 9.53 Å². The highest BCUT2D eigenvalue weighted by Gasteiger charge is 2.07. The highest BCUT2D eigenvalue weighted by molar-refractivity contribution is 5.77. The SMILES string of the molecule is CCOCCN(CC)CC(=O)NCCN. The Morgan fingerprint density at radius 1 is 1.47 bits per heavy atom. The molecular formula is C10H23N3O2. The van der Waals surface area contributed by atoms with E-state index in [-0.39, 0.29) is 5.91 Å². The van der Waals surface area contributed by atoms with Crippen molar-refractivity contribution in [3.8, 4) is 0 Å². The van der Waals surface area contributed by atoms with Crippen molar-refractivity contribution in [1.82, 2.24) is 10.2 Å². The van der Waals surface area contributed by atoms with Crippen molar-refractivity contribution in [2.45, 2.75) is 13.8 Å². The molecule has 0 saturated heterocycles. The van der Waals surface area contributed by atoms with E-state index in [1.54, 1.807) is 0 Å². The smallest absolute Gasteiger partial charge is 0.234 e. The minimum Gasteiger partial charge on any atom is -0.380 e. The molecule has 1 amide bonds. The van der Waals surface area contributed by atoms with Crippen LogP contribution in [0.5, 0.6) is 0 Å². The van der Waals surface area contributed by atoms with E-state index >= 15 is 0 Å². The maximum atomic E-state index is 11.4. The van der Waals surface area contributed by atoms with Gasteiger partial charge in [-0.1, -0.05) is 6.92 Å². The van der Waals surface area contributed by atoms with Gasteiger partial charge in [0.15, 0.2) is 0 Å². The Labute approximate surface area is 91.9 Å². The molecule has 0 aromatic heterocycles. The van der Waals surface area contributed by atoms with Crippen LogP contribution in [0.1, 0.15) is 13.8 Å². The predicted molar refractivity (Wildman–Crippen MR) is 60.7 cm³/mol. The molecule has 15 heavy (non-hydrogen) atoms. The third-order valence-corrected chi connectivity index (χ3v) is 2.04. The number of nitrogens with one attached hydrogen (secondary N) is 1. The Kier molecular flexibility index (Phi) is 9.46. The fourth-order valence-corrected chi connectivity index (χ4v) is 1.16. The second-order valence-corrected chi connectivity index (χ2v) is 3.20. The molecule has 0 rings (SSSR count). The van der Waals surface area contributed by atoms with Gasteiger partial charge in [0, 0.05) is 26.2 Å². The number of likely N-dealkylation sites (N-methyl/N-ethyl adjacent to an activating group) is 1. The van der Waals surface area contributed by atoms with E-state index < -0.39 is 0 Å². The zero-order valence-electron chi connectivity index (χ0n) is 9.79. The summed E-state index contributed by atoms with van der Waals surface area (Å²) < 4.78 is 5.24. The molecule has 5 nitrogen and oxygen atoms in total. The average Bonchev–Trinajstić information content (AvgIpc) is 2.25. The Hall–Kier alpha value is -0.650. The van der Waals surface area contributed by atoms with Crippen LogP contribution in [-0.4, -0.2) is 56.7 Å². The number of nitrogens with zero attached hydrogens (tertiary/aromatic N) is 1. The van der Waals surface area contributed by atoms with Gasteiger partial charge in [-0.3, -0.25) is 9.69 Å². The van der Waals surface area contributed by atoms with Crippen molar-refractivity contribution in [1.29, 1.82) is 0 Å². The molecule has 0 aliphatic carbocycles. The average molecular weight is 217 g/mol. The number of carbonyl (C=O) groups excluding carboxylic acids is 1. The molecule has 0 atom stereocenters. The molecule has 0 aromatic carbocycles. The van der Waals surface area contributed by atoms with E-state index in [0.29, 0.717) is 26.2 Å². The van der Waals surface area contributed by atoms with E-state index in [0.717, 1.165) is 19.7 Å². The molecule has 0 saturated carbocycles. The highest BCUT2D eigenvalue weighted by atomic mass is 16.5. The van der Waals surface area contributed by atoms with Gasteiger partial charge in [0.05, 0.1) is 13.2 Å². The first-order valence-corrected chi connectivity index (χ1v) is 5.51. The lowest BCUT2D eigenvalue weighted by Gasteiger charge is -2.19. The number of nitrogens with two attached hydrogens (primary N) is 1. The van der Waals surface area contributed by atoms with Crippen LogP contribution in [0.4, 0.5) is 0 Å². The Morgan fingerprint density at radius 3 is 2.73 bits per heavy atom. The van der Waals surface area contributed by atoms with Crippen molar-refractivity contribution < 1.29 is 9.53 Å². The first-order valence-electron chi connectivity index (χ1n) is 5.51. The van der Waals surface area contributed by atoms with E-state index in [1.165, 1.54) is 0 Å². The lowest BCUT2D eigenvalue weighted by atomic mass is 10.4. The number of amides is 1. The highest BCUT2D eigenvalue weighted by Crippen LogP contribution is 1.88. The molecule has 0 radical (unpaired) electrons. The lowest BCUT2D eigenvalue weighted by molar-refractivity contribution is -0.122. The van der Waals surface area contributed by atoms with Crippen molar-refractivity contribution in [3.63, 3.8) is 0 Å². The Bertz CT molecular complexity index is 165. The zero-order chi connectivity index (χ0) is 11.5. The fourth-order valence-electron chi connectivity index (χ4n) is 1.16. The molecule has 90 valence electrons. The summed E-state index contributed by atoms with van der Waals surface area (Å²) in [7, 11) is 0. The van der Waals surface area contributed by atoms with E-state index in [1.807, 2.05) is 18.7 Å². The Balaban J connectivity index is 3.62. The lowest BCUT2D eigenvalue weighted by Crippen LogP contribution is -2.40. The fraction of sp³-hybridized carbons (Fsp3) is 0.900. The van der Waals surface area contributed by atoms with Gasteiger partial charge in [-0.25, -0.2) is 0 Å². The van der Waals surface area contributed by atoms with Crippen molar-refractivity contribution in [2.24, 2.45) is 5.73 Å². The van der Waals surface area contributed by atoms with Crippen LogP contribution >= 0.6 is 0 Å². The normalized spacial score (nSPS) is 10.7. The van der Waals surface area contributed by atoms with E-state index in [2.05, 4.69) is 5.32 Å². The van der Waals surface area contributed by atoms with Crippen molar-refractivity contribution in [3.05, 3.63) is 0 Å². The molecule has 5 heteroatoms. The summed E-state index contributed by atoms with van der Waals surface area (Å²) in [5.41, 5.74) is 5.29. The van der Waals surface area contributed by atoms with Gasteiger partial charge in [0.2, 0.25) is 5.91 Å². The molecule has 0 bridgehead atoms. The third-order valence-electron chi connectivity index (χ3n) is 2.04. The first kappa shape index (κ1) is 14.3. The van der Waals surface area contributed by atoms with Gasteiger partial charge in [-0.2, -0.15) is 0 Å². The molecule has 0 aliphatic heterocycles. The number of carbonyl (C=O) groups is 1. The maximum Gasteiger partial charge on any atom is 0.234 e. The van der Waals surface area contributed by atoms with Crippen LogP contribution in [0, 0.1) is 0 Å². The summed E-state index contributed by atoms with van der Waals surface area (Å²) in [6.07, 6.45) is 0. The molecule has 0 spiro atoms. The van der Waals surface area contributed by atoms with Crippen LogP contribution in [0.3, 0.4) is 0 Å². The summed E-state index contributed by atoms with van der Waals surface area (Å²) in [4.78, 5) is 13.4. The number of ether oxygens (including phenoxy) is 1. The van der Waals surface area contributed by atoms with Gasteiger partial charge in [-0.05, 0) is 13.5 Å². The molecule has 0 unspecified atom stereocenters. The largest absolute Gasteiger partial charge is 0.380 e. The summed E-state index contributed by atoms with van der Waals surface area (Å²) in [6, 6.07) is 0. The molecule has 0 heterocycles. The predicted octanol–water partition coefficient (Wildman–Crippen LogP) is -0.580. The molecular weight excluding hydrogens is 194 g/mol. The van der Waals surface area contributed by atoms with Crippen molar-refractivity contribution in [2.75, 3.05) is 45.9 Å². The van der Waals surface area contributed by atoms with Crippen LogP contribution in [0.2, 0.25) is 0 Å². The maximum absolute atomic E-state index is 11.4. The number of hydrogen-bond acceptors (Lipinski definition) is 4. The van der Waals surface area contributed by atoms with Crippen LogP contribution in [0.15, 0.2) is 0 Å². The van der Waals surface area contributed by atoms with E-state index in [9.17, 15) is 4.79 Å². The van der Waals surface area contributed by atoms with Crippen molar-refractivity contribution >= 4 is 5.91 Å². The first-order chi connectivity index (χ1) is 7.24. The summed E-state index contributed by atoms with van der Waals surface area (Å²) in [5.74, 6) is 0.0267. The topological polar surface area (TPSA) is 67.6 Å². The summed E-state index contributed by atoms with van der Waals surface area (Å²) >= 11 is 0. The van der Waals surface area contributed by atoms with Gasteiger partial charge in [-0.15, -0.1) is 0 Å². The van der Waals surface area contributed by atoms with Gasteiger partial charge < -0.3 is 15.8 Å². The minimum absolute atomic E-state index is 0.0267. The minimum atomic E-state index is 0.0267. The molecule has 0 aromatic rings. The monoisotopic (exact) mass is 217 g/mol.